The van der Waals surface area contributed by atoms with Gasteiger partial charge < -0.3 is 10.1 Å². The number of benzene rings is 2. The van der Waals surface area contributed by atoms with Crippen molar-refractivity contribution in [3.8, 4) is 5.75 Å². The SMILES string of the molecule is Cc1nc(NCCOc2cccc(C)c2C)cc([C@@H](C)n2ncc3ccccc3c2=O)n1. The van der Waals surface area contributed by atoms with Gasteiger partial charge in [-0.1, -0.05) is 30.3 Å². The lowest BCUT2D eigenvalue weighted by molar-refractivity contribution is 0.330. The molecule has 0 radical (unpaired) electrons. The summed E-state index contributed by atoms with van der Waals surface area (Å²) in [5, 5.41) is 9.13. The summed E-state index contributed by atoms with van der Waals surface area (Å²) in [5.74, 6) is 2.21. The van der Waals surface area contributed by atoms with E-state index in [2.05, 4.69) is 40.3 Å². The van der Waals surface area contributed by atoms with E-state index in [-0.39, 0.29) is 11.6 Å². The molecule has 0 bridgehead atoms. The van der Waals surface area contributed by atoms with Crippen LogP contribution < -0.4 is 15.6 Å². The molecule has 32 heavy (non-hydrogen) atoms. The number of aromatic nitrogens is 4. The third kappa shape index (κ3) is 4.46. The Kier molecular flexibility index (Phi) is 6.16. The van der Waals surface area contributed by atoms with Gasteiger partial charge in [-0.2, -0.15) is 5.10 Å². The van der Waals surface area contributed by atoms with Crippen LogP contribution in [0.5, 0.6) is 5.75 Å². The highest BCUT2D eigenvalue weighted by Gasteiger charge is 2.16. The molecule has 0 saturated carbocycles. The molecular weight excluding hydrogens is 402 g/mol. The van der Waals surface area contributed by atoms with Gasteiger partial charge in [0.1, 0.15) is 24.0 Å². The Hall–Kier alpha value is -3.74. The summed E-state index contributed by atoms with van der Waals surface area (Å²) in [6.07, 6.45) is 1.71. The van der Waals surface area contributed by atoms with E-state index in [1.165, 1.54) is 10.2 Å². The molecule has 0 saturated heterocycles. The van der Waals surface area contributed by atoms with E-state index in [1.54, 1.807) is 6.20 Å². The Labute approximate surface area is 187 Å². The smallest absolute Gasteiger partial charge is 0.275 e. The predicted molar refractivity (Wildman–Crippen MR) is 126 cm³/mol. The predicted octanol–water partition coefficient (Wildman–Crippen LogP) is 4.21. The second-order valence-electron chi connectivity index (χ2n) is 7.86. The highest BCUT2D eigenvalue weighted by Crippen LogP contribution is 2.21. The normalized spacial score (nSPS) is 12.0. The van der Waals surface area contributed by atoms with Crippen molar-refractivity contribution in [2.75, 3.05) is 18.5 Å². The van der Waals surface area contributed by atoms with Crippen LogP contribution >= 0.6 is 0 Å². The lowest BCUT2D eigenvalue weighted by atomic mass is 10.1. The molecular formula is C25H27N5O2. The quantitative estimate of drug-likeness (QED) is 0.443. The van der Waals surface area contributed by atoms with Crippen LogP contribution in [0.25, 0.3) is 10.8 Å². The lowest BCUT2D eigenvalue weighted by Crippen LogP contribution is -2.27. The number of hydrogen-bond acceptors (Lipinski definition) is 6. The summed E-state index contributed by atoms with van der Waals surface area (Å²) < 4.78 is 7.38. The molecule has 164 valence electrons. The van der Waals surface area contributed by atoms with E-state index < -0.39 is 0 Å². The van der Waals surface area contributed by atoms with E-state index in [1.807, 2.05) is 56.3 Å². The van der Waals surface area contributed by atoms with Gasteiger partial charge in [0.15, 0.2) is 0 Å². The zero-order valence-electron chi connectivity index (χ0n) is 18.8. The zero-order valence-corrected chi connectivity index (χ0v) is 18.8. The number of hydrogen-bond donors (Lipinski definition) is 1. The standard InChI is InChI=1S/C25H27N5O2/c1-16-8-7-11-23(17(16)2)32-13-12-26-24-14-22(28-19(4)29-24)18(3)30-25(31)21-10-6-5-9-20(21)15-27-30/h5-11,14-15,18H,12-13H2,1-4H3,(H,26,28,29)/t18-/m1/s1. The van der Waals surface area contributed by atoms with E-state index >= 15 is 0 Å². The number of ether oxygens (including phenoxy) is 1. The minimum Gasteiger partial charge on any atom is -0.491 e. The maximum Gasteiger partial charge on any atom is 0.275 e. The fourth-order valence-electron chi connectivity index (χ4n) is 3.62. The summed E-state index contributed by atoms with van der Waals surface area (Å²) in [6, 6.07) is 15.0. The van der Waals surface area contributed by atoms with Gasteiger partial charge in [-0.25, -0.2) is 14.6 Å². The molecule has 4 aromatic rings. The van der Waals surface area contributed by atoms with Crippen molar-refractivity contribution in [3.63, 3.8) is 0 Å². The van der Waals surface area contributed by atoms with Crippen molar-refractivity contribution >= 4 is 16.6 Å². The first kappa shape index (κ1) is 21.5. The van der Waals surface area contributed by atoms with Gasteiger partial charge in [-0.3, -0.25) is 4.79 Å². The molecule has 2 heterocycles. The van der Waals surface area contributed by atoms with Gasteiger partial charge in [-0.15, -0.1) is 0 Å². The second kappa shape index (κ2) is 9.18. The first-order chi connectivity index (χ1) is 15.4. The molecule has 7 heteroatoms. The van der Waals surface area contributed by atoms with Crippen molar-refractivity contribution in [1.29, 1.82) is 0 Å². The Bertz CT molecular complexity index is 1320. The number of rotatable bonds is 7. The molecule has 0 spiro atoms. The third-order valence-corrected chi connectivity index (χ3v) is 5.59. The van der Waals surface area contributed by atoms with Crippen molar-refractivity contribution in [2.45, 2.75) is 33.7 Å². The number of anilines is 1. The molecule has 0 aliphatic carbocycles. The topological polar surface area (TPSA) is 81.9 Å². The van der Waals surface area contributed by atoms with Crippen LogP contribution in [-0.4, -0.2) is 32.9 Å². The fourth-order valence-corrected chi connectivity index (χ4v) is 3.62. The molecule has 1 atom stereocenters. The van der Waals surface area contributed by atoms with Crippen LogP contribution in [0, 0.1) is 20.8 Å². The minimum atomic E-state index is -0.333. The number of fused-ring (bicyclic) bond motifs is 1. The van der Waals surface area contributed by atoms with Gasteiger partial charge in [-0.05, 0) is 51.0 Å². The molecule has 0 amide bonds. The van der Waals surface area contributed by atoms with E-state index in [0.29, 0.717) is 30.2 Å². The van der Waals surface area contributed by atoms with Crippen molar-refractivity contribution in [3.05, 3.63) is 87.7 Å². The summed E-state index contributed by atoms with van der Waals surface area (Å²) in [7, 11) is 0. The van der Waals surface area contributed by atoms with Crippen LogP contribution in [0.4, 0.5) is 5.82 Å². The summed E-state index contributed by atoms with van der Waals surface area (Å²) in [5.41, 5.74) is 2.94. The number of nitrogens with zero attached hydrogens (tertiary/aromatic N) is 4. The maximum atomic E-state index is 12.9. The average Bonchev–Trinajstić information content (AvgIpc) is 2.79. The first-order valence-electron chi connectivity index (χ1n) is 10.7. The summed E-state index contributed by atoms with van der Waals surface area (Å²) >= 11 is 0. The first-order valence-corrected chi connectivity index (χ1v) is 10.7. The van der Waals surface area contributed by atoms with Crippen LogP contribution in [-0.2, 0) is 0 Å². The van der Waals surface area contributed by atoms with Gasteiger partial charge in [0.2, 0.25) is 0 Å². The lowest BCUT2D eigenvalue weighted by Gasteiger charge is -2.16. The highest BCUT2D eigenvalue weighted by molar-refractivity contribution is 5.80. The van der Waals surface area contributed by atoms with Crippen molar-refractivity contribution in [2.24, 2.45) is 0 Å². The monoisotopic (exact) mass is 429 g/mol. The molecule has 0 fully saturated rings. The molecule has 2 aromatic heterocycles. The fraction of sp³-hybridized carbons (Fsp3) is 0.280. The average molecular weight is 430 g/mol. The molecule has 0 aliphatic heterocycles. The maximum absolute atomic E-state index is 12.9. The van der Waals surface area contributed by atoms with Gasteiger partial charge in [0.05, 0.1) is 29.9 Å². The van der Waals surface area contributed by atoms with Gasteiger partial charge in [0, 0.05) is 11.5 Å². The Morgan fingerprint density at radius 1 is 1.06 bits per heavy atom. The summed E-state index contributed by atoms with van der Waals surface area (Å²) in [4.78, 5) is 22.0. The van der Waals surface area contributed by atoms with Crippen molar-refractivity contribution < 1.29 is 4.74 Å². The highest BCUT2D eigenvalue weighted by atomic mass is 16.5. The molecule has 0 unspecified atom stereocenters. The van der Waals surface area contributed by atoms with Crippen LogP contribution in [0.2, 0.25) is 0 Å². The van der Waals surface area contributed by atoms with Crippen LogP contribution in [0.3, 0.4) is 0 Å². The van der Waals surface area contributed by atoms with E-state index in [4.69, 9.17) is 4.74 Å². The minimum absolute atomic E-state index is 0.136. The van der Waals surface area contributed by atoms with E-state index in [9.17, 15) is 4.79 Å². The molecule has 7 nitrogen and oxygen atoms in total. The Balaban J connectivity index is 1.48. The van der Waals surface area contributed by atoms with E-state index in [0.717, 1.165) is 22.4 Å². The van der Waals surface area contributed by atoms with Crippen molar-refractivity contribution in [1.82, 2.24) is 19.7 Å². The third-order valence-electron chi connectivity index (χ3n) is 5.59. The van der Waals surface area contributed by atoms with Crippen LogP contribution in [0.1, 0.15) is 35.6 Å². The Morgan fingerprint density at radius 2 is 1.88 bits per heavy atom. The number of nitrogens with one attached hydrogen (secondary N) is 1. The largest absolute Gasteiger partial charge is 0.491 e. The Morgan fingerprint density at radius 3 is 2.72 bits per heavy atom. The van der Waals surface area contributed by atoms with Crippen LogP contribution in [0.15, 0.2) is 59.5 Å². The summed E-state index contributed by atoms with van der Waals surface area (Å²) in [6.45, 7) is 8.98. The van der Waals surface area contributed by atoms with Gasteiger partial charge >= 0.3 is 0 Å². The second-order valence-corrected chi connectivity index (χ2v) is 7.86. The molecule has 4 rings (SSSR count). The number of aryl methyl sites for hydroxylation is 2. The molecule has 0 aliphatic rings. The van der Waals surface area contributed by atoms with Gasteiger partial charge in [0.25, 0.3) is 5.56 Å². The molecule has 1 N–H and O–H groups in total. The molecule has 2 aromatic carbocycles. The zero-order chi connectivity index (χ0) is 22.7.